The summed E-state index contributed by atoms with van der Waals surface area (Å²) in [5.41, 5.74) is 15.4. The van der Waals surface area contributed by atoms with Crippen LogP contribution in [0.3, 0.4) is 0 Å². The van der Waals surface area contributed by atoms with Crippen LogP contribution in [-0.2, 0) is 0 Å². The predicted octanol–water partition coefficient (Wildman–Crippen LogP) is 14.3. The van der Waals surface area contributed by atoms with Gasteiger partial charge in [-0.15, -0.1) is 0 Å². The van der Waals surface area contributed by atoms with Gasteiger partial charge in [-0.1, -0.05) is 158 Å². The number of fused-ring (bicyclic) bond motifs is 9. The maximum absolute atomic E-state index is 2.48. The third-order valence-electron chi connectivity index (χ3n) is 11.9. The largest absolute Gasteiger partial charge is 0.309 e. The lowest BCUT2D eigenvalue weighted by molar-refractivity contribution is 1.13. The Morgan fingerprint density at radius 3 is 1.21 bits per heavy atom. The van der Waals surface area contributed by atoms with E-state index in [9.17, 15) is 0 Å². The molecule has 0 N–H and O–H groups in total. The highest BCUT2D eigenvalue weighted by Gasteiger charge is 2.21. The van der Waals surface area contributed by atoms with Gasteiger partial charge in [0.25, 0.3) is 0 Å². The van der Waals surface area contributed by atoms with E-state index in [0.29, 0.717) is 0 Å². The van der Waals surface area contributed by atoms with Gasteiger partial charge < -0.3 is 13.7 Å². The summed E-state index contributed by atoms with van der Waals surface area (Å²) in [6.45, 7) is 0. The van der Waals surface area contributed by atoms with Crippen molar-refractivity contribution in [2.24, 2.45) is 0 Å². The molecular weight excluding hydrogens is 691 g/mol. The van der Waals surface area contributed by atoms with Crippen LogP contribution >= 0.6 is 0 Å². The van der Waals surface area contributed by atoms with Gasteiger partial charge >= 0.3 is 0 Å². The van der Waals surface area contributed by atoms with Gasteiger partial charge in [0.05, 0.1) is 38.8 Å². The molecule has 0 aliphatic rings. The highest BCUT2D eigenvalue weighted by atomic mass is 15.1. The lowest BCUT2D eigenvalue weighted by Gasteiger charge is -2.15. The summed E-state index contributed by atoms with van der Waals surface area (Å²) in [7, 11) is 0. The van der Waals surface area contributed by atoms with Crippen molar-refractivity contribution in [1.82, 2.24) is 13.7 Å². The second kappa shape index (κ2) is 12.5. The molecular formula is C54H35N3. The van der Waals surface area contributed by atoms with Crippen LogP contribution in [-0.4, -0.2) is 13.7 Å². The van der Waals surface area contributed by atoms with Gasteiger partial charge in [0.2, 0.25) is 0 Å². The number of para-hydroxylation sites is 5. The van der Waals surface area contributed by atoms with E-state index in [1.807, 2.05) is 0 Å². The first-order valence-corrected chi connectivity index (χ1v) is 19.6. The van der Waals surface area contributed by atoms with Gasteiger partial charge in [-0.2, -0.15) is 0 Å². The molecule has 0 bridgehead atoms. The maximum Gasteiger partial charge on any atom is 0.0782 e. The summed E-state index contributed by atoms with van der Waals surface area (Å²) in [6.07, 6.45) is 0. The molecule has 9 aromatic carbocycles. The Morgan fingerprint density at radius 2 is 0.632 bits per heavy atom. The van der Waals surface area contributed by atoms with Crippen molar-refractivity contribution in [3.63, 3.8) is 0 Å². The molecule has 266 valence electrons. The maximum atomic E-state index is 2.48. The van der Waals surface area contributed by atoms with Gasteiger partial charge in [-0.25, -0.2) is 0 Å². The van der Waals surface area contributed by atoms with E-state index in [1.165, 1.54) is 87.7 Å². The zero-order valence-corrected chi connectivity index (χ0v) is 31.0. The second-order valence-corrected chi connectivity index (χ2v) is 14.9. The summed E-state index contributed by atoms with van der Waals surface area (Å²) < 4.78 is 7.36. The summed E-state index contributed by atoms with van der Waals surface area (Å²) in [5.74, 6) is 0. The summed E-state index contributed by atoms with van der Waals surface area (Å²) in [5, 5.41) is 7.47. The molecule has 12 rings (SSSR count). The Balaban J connectivity index is 1.06. The van der Waals surface area contributed by atoms with Crippen molar-refractivity contribution in [3.05, 3.63) is 212 Å². The van der Waals surface area contributed by atoms with E-state index < -0.39 is 0 Å². The third kappa shape index (κ3) is 4.79. The van der Waals surface area contributed by atoms with Crippen molar-refractivity contribution < 1.29 is 0 Å². The van der Waals surface area contributed by atoms with Gasteiger partial charge in [0, 0.05) is 43.7 Å². The van der Waals surface area contributed by atoms with Gasteiger partial charge in [0.15, 0.2) is 0 Å². The molecule has 0 unspecified atom stereocenters. The van der Waals surface area contributed by atoms with Crippen molar-refractivity contribution in [2.75, 3.05) is 0 Å². The van der Waals surface area contributed by atoms with Crippen molar-refractivity contribution in [1.29, 1.82) is 0 Å². The van der Waals surface area contributed by atoms with Crippen LogP contribution < -0.4 is 0 Å². The van der Waals surface area contributed by atoms with Crippen LogP contribution in [0, 0.1) is 0 Å². The molecule has 0 fully saturated rings. The average molecular weight is 726 g/mol. The topological polar surface area (TPSA) is 14.8 Å². The van der Waals surface area contributed by atoms with E-state index in [1.54, 1.807) is 0 Å². The van der Waals surface area contributed by atoms with E-state index in [-0.39, 0.29) is 0 Å². The van der Waals surface area contributed by atoms with Crippen LogP contribution in [0.4, 0.5) is 0 Å². The molecule has 3 heteroatoms. The Labute approximate surface area is 329 Å². The zero-order chi connectivity index (χ0) is 37.5. The third-order valence-corrected chi connectivity index (χ3v) is 11.9. The lowest BCUT2D eigenvalue weighted by Crippen LogP contribution is -2.01. The molecule has 3 aromatic heterocycles. The van der Waals surface area contributed by atoms with Crippen molar-refractivity contribution in [2.45, 2.75) is 0 Å². The van der Waals surface area contributed by atoms with Crippen LogP contribution in [0.5, 0.6) is 0 Å². The number of hydrogen-bond acceptors (Lipinski definition) is 0. The van der Waals surface area contributed by atoms with Crippen molar-refractivity contribution in [3.8, 4) is 39.3 Å². The fraction of sp³-hybridized carbons (Fsp3) is 0. The lowest BCUT2D eigenvalue weighted by atomic mass is 10.0. The molecule has 3 heterocycles. The smallest absolute Gasteiger partial charge is 0.0782 e. The second-order valence-electron chi connectivity index (χ2n) is 14.9. The van der Waals surface area contributed by atoms with Crippen molar-refractivity contribution >= 4 is 65.4 Å². The first kappa shape index (κ1) is 31.7. The first-order chi connectivity index (χ1) is 28.3. The zero-order valence-electron chi connectivity index (χ0n) is 31.0. The Kier molecular flexibility index (Phi) is 6.93. The van der Waals surface area contributed by atoms with Gasteiger partial charge in [-0.3, -0.25) is 0 Å². The van der Waals surface area contributed by atoms with Crippen LogP contribution in [0.25, 0.3) is 105 Å². The monoisotopic (exact) mass is 725 g/mol. The molecule has 0 aliphatic carbocycles. The molecule has 3 nitrogen and oxygen atoms in total. The van der Waals surface area contributed by atoms with E-state index in [4.69, 9.17) is 0 Å². The normalized spacial score (nSPS) is 11.9. The highest BCUT2D eigenvalue weighted by Crippen LogP contribution is 2.41. The first-order valence-electron chi connectivity index (χ1n) is 19.6. The summed E-state index contributed by atoms with van der Waals surface area (Å²) >= 11 is 0. The summed E-state index contributed by atoms with van der Waals surface area (Å²) in [4.78, 5) is 0. The fourth-order valence-corrected chi connectivity index (χ4v) is 9.30. The Morgan fingerprint density at radius 1 is 0.228 bits per heavy atom. The minimum Gasteiger partial charge on any atom is -0.309 e. The number of hydrogen-bond donors (Lipinski definition) is 0. The number of nitrogens with zero attached hydrogens (tertiary/aromatic N) is 3. The minimum atomic E-state index is 1.13. The Bertz CT molecular complexity index is 3440. The SMILES string of the molecule is c1ccc(-c2ccc(-c3ccc(-n4c5ccccc5c5ccc(-n6c7ccccc7c7cccc(-n8c9ccccc9c9ccccc98)c76)cc54)cc3)cc2)cc1. The molecule has 0 atom stereocenters. The molecule has 57 heavy (non-hydrogen) atoms. The summed E-state index contributed by atoms with van der Waals surface area (Å²) in [6, 6.07) is 77.4. The average Bonchev–Trinajstić information content (AvgIpc) is 3.92. The number of aromatic nitrogens is 3. The standard InChI is InChI=1S/C54H35N3/c1-2-13-36(14-3-1)37-25-27-38(28-26-37)39-29-31-40(32-30-39)55-48-20-8-4-17-44(48)46-34-33-41(35-53(46)55)56-49-21-9-7-18-45(49)47-19-12-24-52(54(47)56)57-50-22-10-5-15-42(50)43-16-6-11-23-51(43)57/h1-35H. The van der Waals surface area contributed by atoms with Crippen LogP contribution in [0.15, 0.2) is 212 Å². The van der Waals surface area contributed by atoms with Crippen LogP contribution in [0.1, 0.15) is 0 Å². The van der Waals surface area contributed by atoms with Gasteiger partial charge in [0.1, 0.15) is 0 Å². The predicted molar refractivity (Wildman–Crippen MR) is 240 cm³/mol. The van der Waals surface area contributed by atoms with Crippen LogP contribution in [0.2, 0.25) is 0 Å². The van der Waals surface area contributed by atoms with E-state index in [0.717, 1.165) is 17.1 Å². The number of benzene rings is 9. The molecule has 0 saturated carbocycles. The minimum absolute atomic E-state index is 1.13. The van der Waals surface area contributed by atoms with E-state index in [2.05, 4.69) is 226 Å². The molecule has 0 spiro atoms. The quantitative estimate of drug-likeness (QED) is 0.168. The molecule has 12 aromatic rings. The van der Waals surface area contributed by atoms with Gasteiger partial charge in [-0.05, 0) is 76.9 Å². The highest BCUT2D eigenvalue weighted by molar-refractivity contribution is 6.16. The fourth-order valence-electron chi connectivity index (χ4n) is 9.30. The van der Waals surface area contributed by atoms with E-state index >= 15 is 0 Å². The molecule has 0 radical (unpaired) electrons. The molecule has 0 amide bonds. The molecule has 0 aliphatic heterocycles. The Hall–Kier alpha value is -7.62. The number of rotatable bonds is 5. The molecule has 0 saturated heterocycles.